The average Bonchev–Trinajstić information content (AvgIpc) is 2.83. The van der Waals surface area contributed by atoms with Crippen LogP contribution in [0.3, 0.4) is 0 Å². The molecule has 1 aromatic heterocycles. The molecule has 1 heterocycles. The Morgan fingerprint density at radius 1 is 1.50 bits per heavy atom. The molecule has 1 aliphatic rings. The number of nitrogens with one attached hydrogen (secondary N) is 1. The predicted molar refractivity (Wildman–Crippen MR) is 68.8 cm³/mol. The first-order chi connectivity index (χ1) is 7.74. The average molecular weight is 239 g/mol. The maximum absolute atomic E-state index is 10.6. The molecule has 0 atom stereocenters. The van der Waals surface area contributed by atoms with E-state index in [1.807, 2.05) is 0 Å². The van der Waals surface area contributed by atoms with Crippen LogP contribution in [0.1, 0.15) is 44.6 Å². The van der Waals surface area contributed by atoms with E-state index in [1.165, 1.54) is 6.42 Å². The van der Waals surface area contributed by atoms with Crippen LogP contribution in [0.25, 0.3) is 0 Å². The Morgan fingerprint density at radius 3 is 2.81 bits per heavy atom. The summed E-state index contributed by atoms with van der Waals surface area (Å²) in [4.78, 5) is 0. The predicted octanol–water partition coefficient (Wildman–Crippen LogP) is 2.88. The zero-order valence-electron chi connectivity index (χ0n) is 9.91. The summed E-state index contributed by atoms with van der Waals surface area (Å²) < 4.78 is 0. The fourth-order valence-corrected chi connectivity index (χ4v) is 3.21. The Kier molecular flexibility index (Phi) is 4.00. The number of rotatable bonds is 4. The van der Waals surface area contributed by atoms with Crippen LogP contribution in [0.4, 0.5) is 0 Å². The van der Waals surface area contributed by atoms with Gasteiger partial charge in [-0.15, -0.1) is 0 Å². The molecule has 2 nitrogen and oxygen atoms in total. The van der Waals surface area contributed by atoms with Gasteiger partial charge in [0.1, 0.15) is 0 Å². The zero-order chi connectivity index (χ0) is 11.4. The molecule has 1 fully saturated rings. The summed E-state index contributed by atoms with van der Waals surface area (Å²) >= 11 is 1.67. The Hall–Kier alpha value is -0.380. The van der Waals surface area contributed by atoms with Gasteiger partial charge in [-0.05, 0) is 61.0 Å². The van der Waals surface area contributed by atoms with E-state index in [9.17, 15) is 5.11 Å². The molecule has 0 unspecified atom stereocenters. The highest BCUT2D eigenvalue weighted by Gasteiger charge is 2.34. The summed E-state index contributed by atoms with van der Waals surface area (Å²) in [5, 5.41) is 18.2. The molecule has 90 valence electrons. The van der Waals surface area contributed by atoms with Crippen LogP contribution in [0.15, 0.2) is 16.8 Å². The van der Waals surface area contributed by atoms with Crippen LogP contribution in [0, 0.1) is 0 Å². The second kappa shape index (κ2) is 5.30. The first-order valence-electron chi connectivity index (χ1n) is 6.23. The molecule has 0 saturated heterocycles. The molecule has 3 heteroatoms. The number of aliphatic hydroxyl groups is 1. The molecule has 0 aliphatic heterocycles. The van der Waals surface area contributed by atoms with Gasteiger partial charge >= 0.3 is 0 Å². The highest BCUT2D eigenvalue weighted by Crippen LogP contribution is 2.37. The molecule has 0 amide bonds. The summed E-state index contributed by atoms with van der Waals surface area (Å²) in [5.74, 6) is 0. The van der Waals surface area contributed by atoms with Gasteiger partial charge in [0.25, 0.3) is 0 Å². The highest BCUT2D eigenvalue weighted by atomic mass is 32.1. The fourth-order valence-electron chi connectivity index (χ4n) is 2.47. The van der Waals surface area contributed by atoms with Crippen LogP contribution in [0.2, 0.25) is 0 Å². The molecule has 0 radical (unpaired) electrons. The van der Waals surface area contributed by atoms with Crippen LogP contribution >= 0.6 is 11.3 Å². The molecule has 0 aromatic carbocycles. The largest absolute Gasteiger partial charge is 0.385 e. The molecule has 1 saturated carbocycles. The Morgan fingerprint density at radius 2 is 2.25 bits per heavy atom. The Balaban J connectivity index is 1.89. The quantitative estimate of drug-likeness (QED) is 0.847. The maximum Gasteiger partial charge on any atom is 0.0905 e. The van der Waals surface area contributed by atoms with Crippen LogP contribution in [0.5, 0.6) is 0 Å². The molecular weight excluding hydrogens is 218 g/mol. The molecule has 2 rings (SSSR count). The fraction of sp³-hybridized carbons (Fsp3) is 0.692. The van der Waals surface area contributed by atoms with E-state index in [0.717, 1.165) is 37.8 Å². The lowest BCUT2D eigenvalue weighted by molar-refractivity contribution is -0.00789. The standard InChI is InChI=1S/C13H21NOS/c1-2-8-14-12-3-6-13(15,7-4-12)11-5-9-16-10-11/h5,9-10,12,14-15H,2-4,6-8H2,1H3. The number of thiophene rings is 1. The van der Waals surface area contributed by atoms with Gasteiger partial charge in [-0.1, -0.05) is 6.92 Å². The van der Waals surface area contributed by atoms with Gasteiger partial charge in [-0.3, -0.25) is 0 Å². The smallest absolute Gasteiger partial charge is 0.0905 e. The molecule has 2 N–H and O–H groups in total. The lowest BCUT2D eigenvalue weighted by Crippen LogP contribution is -2.39. The van der Waals surface area contributed by atoms with Crippen LogP contribution in [-0.4, -0.2) is 17.7 Å². The molecular formula is C13H21NOS. The van der Waals surface area contributed by atoms with Gasteiger partial charge in [0.05, 0.1) is 5.60 Å². The van der Waals surface area contributed by atoms with Crippen molar-refractivity contribution in [3.63, 3.8) is 0 Å². The van der Waals surface area contributed by atoms with Gasteiger partial charge in [0, 0.05) is 6.04 Å². The van der Waals surface area contributed by atoms with Crippen molar-refractivity contribution in [1.82, 2.24) is 5.32 Å². The maximum atomic E-state index is 10.6. The van der Waals surface area contributed by atoms with Crippen LogP contribution < -0.4 is 5.32 Å². The first-order valence-corrected chi connectivity index (χ1v) is 7.17. The van der Waals surface area contributed by atoms with Crippen molar-refractivity contribution in [2.75, 3.05) is 6.54 Å². The first kappa shape index (κ1) is 12.1. The summed E-state index contributed by atoms with van der Waals surface area (Å²) in [6.07, 6.45) is 5.15. The van der Waals surface area contributed by atoms with Crippen molar-refractivity contribution in [3.8, 4) is 0 Å². The normalized spacial score (nSPS) is 30.5. The summed E-state index contributed by atoms with van der Waals surface area (Å²) in [6, 6.07) is 2.67. The van der Waals surface area contributed by atoms with Crippen molar-refractivity contribution in [2.24, 2.45) is 0 Å². The number of hydrogen-bond acceptors (Lipinski definition) is 3. The Bertz CT molecular complexity index is 302. The molecule has 0 bridgehead atoms. The molecule has 16 heavy (non-hydrogen) atoms. The highest BCUT2D eigenvalue weighted by molar-refractivity contribution is 7.08. The van der Waals surface area contributed by atoms with Gasteiger partial charge in [0.2, 0.25) is 0 Å². The number of hydrogen-bond donors (Lipinski definition) is 2. The van der Waals surface area contributed by atoms with Gasteiger partial charge in [0.15, 0.2) is 0 Å². The zero-order valence-corrected chi connectivity index (χ0v) is 10.7. The van der Waals surface area contributed by atoms with Crippen molar-refractivity contribution >= 4 is 11.3 Å². The molecule has 1 aromatic rings. The van der Waals surface area contributed by atoms with Crippen molar-refractivity contribution < 1.29 is 5.11 Å². The minimum atomic E-state index is -0.551. The SMILES string of the molecule is CCCNC1CCC(O)(c2ccsc2)CC1. The van der Waals surface area contributed by atoms with E-state index < -0.39 is 5.60 Å². The van der Waals surface area contributed by atoms with E-state index >= 15 is 0 Å². The summed E-state index contributed by atoms with van der Waals surface area (Å²) in [7, 11) is 0. The molecule has 1 aliphatic carbocycles. The van der Waals surface area contributed by atoms with Crippen LogP contribution in [-0.2, 0) is 5.60 Å². The lowest BCUT2D eigenvalue weighted by atomic mass is 9.79. The summed E-state index contributed by atoms with van der Waals surface area (Å²) in [6.45, 7) is 3.29. The lowest BCUT2D eigenvalue weighted by Gasteiger charge is -2.36. The second-order valence-electron chi connectivity index (χ2n) is 4.77. The van der Waals surface area contributed by atoms with E-state index in [4.69, 9.17) is 0 Å². The Labute approximate surface area is 102 Å². The minimum absolute atomic E-state index is 0.551. The third-order valence-corrected chi connectivity index (χ3v) is 4.24. The van der Waals surface area contributed by atoms with E-state index in [1.54, 1.807) is 11.3 Å². The van der Waals surface area contributed by atoms with E-state index in [0.29, 0.717) is 6.04 Å². The second-order valence-corrected chi connectivity index (χ2v) is 5.55. The van der Waals surface area contributed by atoms with E-state index in [-0.39, 0.29) is 0 Å². The van der Waals surface area contributed by atoms with Crippen molar-refractivity contribution in [3.05, 3.63) is 22.4 Å². The van der Waals surface area contributed by atoms with Crippen molar-refractivity contribution in [2.45, 2.75) is 50.7 Å². The topological polar surface area (TPSA) is 32.3 Å². The van der Waals surface area contributed by atoms with Gasteiger partial charge in [-0.25, -0.2) is 0 Å². The minimum Gasteiger partial charge on any atom is -0.385 e. The van der Waals surface area contributed by atoms with E-state index in [2.05, 4.69) is 29.1 Å². The molecule has 0 spiro atoms. The van der Waals surface area contributed by atoms with Gasteiger partial charge in [-0.2, -0.15) is 11.3 Å². The third-order valence-electron chi connectivity index (χ3n) is 3.55. The summed E-state index contributed by atoms with van der Waals surface area (Å²) in [5.41, 5.74) is 0.566. The van der Waals surface area contributed by atoms with Gasteiger partial charge < -0.3 is 10.4 Å². The third kappa shape index (κ3) is 2.65. The van der Waals surface area contributed by atoms with Crippen molar-refractivity contribution in [1.29, 1.82) is 0 Å². The monoisotopic (exact) mass is 239 g/mol.